The molecule has 5 heteroatoms. The molecule has 0 radical (unpaired) electrons. The summed E-state index contributed by atoms with van der Waals surface area (Å²) in [6.45, 7) is 2.56. The lowest BCUT2D eigenvalue weighted by atomic mass is 10.0. The summed E-state index contributed by atoms with van der Waals surface area (Å²) in [6.07, 6.45) is 4.48. The smallest absolute Gasteiger partial charge is 0.314 e. The fraction of sp³-hybridized carbons (Fsp3) is 0.345. The Morgan fingerprint density at radius 3 is 2.15 bits per heavy atom. The van der Waals surface area contributed by atoms with Gasteiger partial charge in [-0.2, -0.15) is 0 Å². The highest BCUT2D eigenvalue weighted by atomic mass is 16.5. The monoisotopic (exact) mass is 457 g/mol. The first-order valence-corrected chi connectivity index (χ1v) is 12.3. The molecule has 0 aromatic heterocycles. The molecule has 1 aliphatic rings. The number of hydrogen-bond donors (Lipinski definition) is 2. The molecule has 1 aliphatic heterocycles. The third-order valence-corrected chi connectivity index (χ3v) is 6.44. The van der Waals surface area contributed by atoms with Crippen molar-refractivity contribution < 1.29 is 9.53 Å². The van der Waals surface area contributed by atoms with E-state index >= 15 is 0 Å². The van der Waals surface area contributed by atoms with Crippen LogP contribution in [0.4, 0.5) is 4.79 Å². The lowest BCUT2D eigenvalue weighted by Crippen LogP contribution is -2.43. The molecular formula is C29H35N3O2. The molecule has 0 bridgehead atoms. The number of hydrogen-bond acceptors (Lipinski definition) is 3. The minimum atomic E-state index is -0.162. The van der Waals surface area contributed by atoms with E-state index in [1.165, 1.54) is 29.5 Å². The van der Waals surface area contributed by atoms with Crippen molar-refractivity contribution in [3.63, 3.8) is 0 Å². The van der Waals surface area contributed by atoms with Gasteiger partial charge in [0.15, 0.2) is 0 Å². The number of piperidine rings is 1. The van der Waals surface area contributed by atoms with E-state index in [0.717, 1.165) is 31.5 Å². The molecular weight excluding hydrogens is 422 g/mol. The van der Waals surface area contributed by atoms with Crippen LogP contribution in [0, 0.1) is 0 Å². The van der Waals surface area contributed by atoms with Gasteiger partial charge in [-0.15, -0.1) is 0 Å². The molecule has 1 fully saturated rings. The predicted molar refractivity (Wildman–Crippen MR) is 136 cm³/mol. The average Bonchev–Trinajstić information content (AvgIpc) is 2.91. The van der Waals surface area contributed by atoms with Gasteiger partial charge in [0.1, 0.15) is 12.3 Å². The number of nitrogens with one attached hydrogen (secondary N) is 2. The summed E-state index contributed by atoms with van der Waals surface area (Å²) in [6, 6.07) is 29.4. The van der Waals surface area contributed by atoms with Crippen molar-refractivity contribution in [3.8, 4) is 0 Å². The highest BCUT2D eigenvalue weighted by Crippen LogP contribution is 2.31. The zero-order valence-electron chi connectivity index (χ0n) is 20.0. The van der Waals surface area contributed by atoms with Gasteiger partial charge >= 0.3 is 6.03 Å². The Hall–Kier alpha value is -3.15. The number of amides is 2. The average molecular weight is 458 g/mol. The number of likely N-dealkylation sites (tertiary alicyclic amines) is 1. The molecule has 3 aromatic carbocycles. The maximum atomic E-state index is 11.4. The van der Waals surface area contributed by atoms with Crippen LogP contribution in [0.1, 0.15) is 47.6 Å². The zero-order chi connectivity index (χ0) is 23.6. The van der Waals surface area contributed by atoms with Gasteiger partial charge in [-0.05, 0) is 47.9 Å². The normalized spacial score (nSPS) is 16.4. The van der Waals surface area contributed by atoms with Crippen molar-refractivity contribution in [2.45, 2.75) is 44.6 Å². The van der Waals surface area contributed by atoms with Gasteiger partial charge in [-0.25, -0.2) is 4.79 Å². The first-order valence-electron chi connectivity index (χ1n) is 12.3. The van der Waals surface area contributed by atoms with Crippen LogP contribution in [-0.2, 0) is 17.7 Å². The summed E-state index contributed by atoms with van der Waals surface area (Å²) in [5.41, 5.74) is 4.79. The predicted octanol–water partition coefficient (Wildman–Crippen LogP) is 5.28. The van der Waals surface area contributed by atoms with Crippen LogP contribution in [0.3, 0.4) is 0 Å². The van der Waals surface area contributed by atoms with Crippen molar-refractivity contribution in [1.29, 1.82) is 0 Å². The highest BCUT2D eigenvalue weighted by molar-refractivity contribution is 5.73. The molecule has 0 saturated carbocycles. The summed E-state index contributed by atoms with van der Waals surface area (Å²) < 4.78 is 6.83. The first-order chi connectivity index (χ1) is 16.7. The molecule has 1 atom stereocenters. The summed E-state index contributed by atoms with van der Waals surface area (Å²) in [5.74, 6) is 0. The van der Waals surface area contributed by atoms with Crippen molar-refractivity contribution in [2.24, 2.45) is 0 Å². The molecule has 3 aromatic rings. The number of nitrogens with zero attached hydrogens (tertiary/aromatic N) is 1. The summed E-state index contributed by atoms with van der Waals surface area (Å²) >= 11 is 0. The standard InChI is InChI=1S/C29H35N3O2/c1-30-29(33)31-22-24-17-15-23(16-18-24)19-21-32-20-9-8-14-27(32)34-28(25-10-4-2-5-11-25)26-12-6-3-7-13-26/h2-7,10-13,15-18,27-28H,8-9,14,19-22H2,1H3,(H2,30,31,33). The third kappa shape index (κ3) is 6.69. The number of urea groups is 1. The van der Waals surface area contributed by atoms with E-state index in [4.69, 9.17) is 4.74 Å². The van der Waals surface area contributed by atoms with Crippen LogP contribution in [0.2, 0.25) is 0 Å². The SMILES string of the molecule is CNC(=O)NCc1ccc(CCN2CCCCC2OC(c2ccccc2)c2ccccc2)cc1. The quantitative estimate of drug-likeness (QED) is 0.460. The molecule has 1 unspecified atom stereocenters. The van der Waals surface area contributed by atoms with Crippen LogP contribution in [0.15, 0.2) is 84.9 Å². The van der Waals surface area contributed by atoms with Crippen LogP contribution in [-0.4, -0.2) is 37.3 Å². The maximum Gasteiger partial charge on any atom is 0.314 e. The van der Waals surface area contributed by atoms with Crippen molar-refractivity contribution in [2.75, 3.05) is 20.1 Å². The summed E-state index contributed by atoms with van der Waals surface area (Å²) in [7, 11) is 1.62. The second-order valence-electron chi connectivity index (χ2n) is 8.82. The minimum absolute atomic E-state index is 0.0693. The lowest BCUT2D eigenvalue weighted by Gasteiger charge is -2.38. The Morgan fingerprint density at radius 1 is 0.912 bits per heavy atom. The summed E-state index contributed by atoms with van der Waals surface area (Å²) in [5, 5.41) is 5.40. The molecule has 2 N–H and O–H groups in total. The van der Waals surface area contributed by atoms with Gasteiger partial charge in [0, 0.05) is 26.7 Å². The Labute approximate surface area is 203 Å². The molecule has 4 rings (SSSR count). The molecule has 0 spiro atoms. The van der Waals surface area contributed by atoms with E-state index in [0.29, 0.717) is 6.54 Å². The highest BCUT2D eigenvalue weighted by Gasteiger charge is 2.27. The van der Waals surface area contributed by atoms with E-state index in [2.05, 4.69) is 100 Å². The fourth-order valence-corrected chi connectivity index (χ4v) is 4.50. The fourth-order valence-electron chi connectivity index (χ4n) is 4.50. The van der Waals surface area contributed by atoms with Gasteiger partial charge in [0.05, 0.1) is 0 Å². The Bertz CT molecular complexity index is 969. The van der Waals surface area contributed by atoms with E-state index in [1.54, 1.807) is 7.05 Å². The number of benzene rings is 3. The summed E-state index contributed by atoms with van der Waals surface area (Å²) in [4.78, 5) is 13.9. The number of carbonyl (C=O) groups excluding carboxylic acids is 1. The van der Waals surface area contributed by atoms with E-state index in [1.807, 2.05) is 0 Å². The molecule has 1 heterocycles. The number of rotatable bonds is 9. The van der Waals surface area contributed by atoms with Crippen LogP contribution in [0.25, 0.3) is 0 Å². The Balaban J connectivity index is 1.39. The minimum Gasteiger partial charge on any atom is -0.350 e. The molecule has 0 aliphatic carbocycles. The van der Waals surface area contributed by atoms with Gasteiger partial charge in [0.25, 0.3) is 0 Å². The van der Waals surface area contributed by atoms with Gasteiger partial charge < -0.3 is 15.4 Å². The van der Waals surface area contributed by atoms with Gasteiger partial charge in [-0.3, -0.25) is 4.90 Å². The first kappa shape index (κ1) is 24.0. The Morgan fingerprint density at radius 2 is 1.53 bits per heavy atom. The topological polar surface area (TPSA) is 53.6 Å². The molecule has 34 heavy (non-hydrogen) atoms. The number of ether oxygens (including phenoxy) is 1. The van der Waals surface area contributed by atoms with Crippen molar-refractivity contribution >= 4 is 6.03 Å². The Kier molecular flexibility index (Phi) is 8.71. The number of carbonyl (C=O) groups is 1. The molecule has 2 amide bonds. The maximum absolute atomic E-state index is 11.4. The zero-order valence-corrected chi connectivity index (χ0v) is 20.0. The largest absolute Gasteiger partial charge is 0.350 e. The van der Waals surface area contributed by atoms with Crippen molar-refractivity contribution in [1.82, 2.24) is 15.5 Å². The second kappa shape index (κ2) is 12.4. The van der Waals surface area contributed by atoms with E-state index < -0.39 is 0 Å². The lowest BCUT2D eigenvalue weighted by molar-refractivity contribution is -0.105. The van der Waals surface area contributed by atoms with Crippen molar-refractivity contribution in [3.05, 3.63) is 107 Å². The molecule has 5 nitrogen and oxygen atoms in total. The van der Waals surface area contributed by atoms with Crippen LogP contribution in [0.5, 0.6) is 0 Å². The third-order valence-electron chi connectivity index (χ3n) is 6.44. The van der Waals surface area contributed by atoms with Crippen LogP contribution < -0.4 is 10.6 Å². The second-order valence-corrected chi connectivity index (χ2v) is 8.82. The van der Waals surface area contributed by atoms with E-state index in [9.17, 15) is 4.79 Å². The van der Waals surface area contributed by atoms with Gasteiger partial charge in [-0.1, -0.05) is 84.9 Å². The molecule has 178 valence electrons. The van der Waals surface area contributed by atoms with E-state index in [-0.39, 0.29) is 18.4 Å². The molecule has 1 saturated heterocycles. The van der Waals surface area contributed by atoms with Gasteiger partial charge in [0.2, 0.25) is 0 Å². The van der Waals surface area contributed by atoms with Crippen LogP contribution >= 0.6 is 0 Å².